The SMILES string of the molecule is CC/C=C\C/C=C\C/C=C\C/C=C\C/C=C\CC(=O)OC(COC(=O)CCCCCCCC/C=C\C/C=C\C/C=C\CCCCC)COP(=O)(O)OCC(O)COP(=O)(O)OCC(COC(=O)CCCC/C=C\C/C=C\C/C=C\C/C=C\CC)OC(=O)CCCCCCCCCCCCC. The Balaban J connectivity index is 5.44. The Kier molecular flexibility index (Phi) is 68.6. The molecule has 3 N–H and O–H groups in total. The van der Waals surface area contributed by atoms with Crippen LogP contribution in [0.1, 0.15) is 285 Å². The molecule has 5 unspecified atom stereocenters. The molecule has 0 aliphatic carbocycles. The first-order chi connectivity index (χ1) is 48.7. The summed E-state index contributed by atoms with van der Waals surface area (Å²) in [5.74, 6) is -2.39. The van der Waals surface area contributed by atoms with Crippen LogP contribution in [0.15, 0.2) is 146 Å². The highest BCUT2D eigenvalue weighted by Gasteiger charge is 2.30. The van der Waals surface area contributed by atoms with Gasteiger partial charge in [0.2, 0.25) is 0 Å². The number of aliphatic hydroxyl groups is 1. The smallest absolute Gasteiger partial charge is 0.462 e. The first kappa shape index (κ1) is 94.9. The van der Waals surface area contributed by atoms with Crippen molar-refractivity contribution in [2.75, 3.05) is 39.6 Å². The maximum absolute atomic E-state index is 13.1. The molecule has 570 valence electrons. The summed E-state index contributed by atoms with van der Waals surface area (Å²) < 4.78 is 68.2. The fourth-order valence-corrected chi connectivity index (χ4v) is 11.2. The van der Waals surface area contributed by atoms with Gasteiger partial charge in [-0.1, -0.05) is 276 Å². The van der Waals surface area contributed by atoms with Gasteiger partial charge >= 0.3 is 39.5 Å². The molecule has 0 aliphatic rings. The maximum atomic E-state index is 13.1. The van der Waals surface area contributed by atoms with E-state index < -0.39 is 97.5 Å². The van der Waals surface area contributed by atoms with Gasteiger partial charge in [0.25, 0.3) is 0 Å². The lowest BCUT2D eigenvalue weighted by Crippen LogP contribution is -2.30. The summed E-state index contributed by atoms with van der Waals surface area (Å²) in [6.07, 6.45) is 81.7. The second kappa shape index (κ2) is 72.3. The largest absolute Gasteiger partial charge is 0.472 e. The van der Waals surface area contributed by atoms with Gasteiger partial charge in [0.05, 0.1) is 32.8 Å². The number of esters is 4. The minimum atomic E-state index is -5.01. The molecule has 0 aromatic carbocycles. The molecule has 0 saturated heterocycles. The molecule has 17 nitrogen and oxygen atoms in total. The summed E-state index contributed by atoms with van der Waals surface area (Å²) in [7, 11) is -10.00. The summed E-state index contributed by atoms with van der Waals surface area (Å²) in [6, 6.07) is 0. The Morgan fingerprint density at radius 3 is 0.930 bits per heavy atom. The van der Waals surface area contributed by atoms with E-state index in [0.29, 0.717) is 25.7 Å². The van der Waals surface area contributed by atoms with Gasteiger partial charge in [0.15, 0.2) is 12.2 Å². The van der Waals surface area contributed by atoms with Gasteiger partial charge in [-0.2, -0.15) is 0 Å². The van der Waals surface area contributed by atoms with Crippen molar-refractivity contribution in [2.24, 2.45) is 0 Å². The van der Waals surface area contributed by atoms with E-state index in [1.165, 1.54) is 57.8 Å². The molecular weight excluding hydrogens is 1310 g/mol. The van der Waals surface area contributed by atoms with E-state index in [9.17, 15) is 43.2 Å². The number of hydrogen-bond donors (Lipinski definition) is 3. The molecule has 0 aromatic heterocycles. The van der Waals surface area contributed by atoms with Crippen LogP contribution in [-0.4, -0.2) is 96.7 Å². The normalized spacial score (nSPS) is 14.8. The minimum Gasteiger partial charge on any atom is -0.462 e. The summed E-state index contributed by atoms with van der Waals surface area (Å²) >= 11 is 0. The topological polar surface area (TPSA) is 237 Å². The third-order valence-corrected chi connectivity index (χ3v) is 17.2. The van der Waals surface area contributed by atoms with Crippen LogP contribution in [0.25, 0.3) is 0 Å². The van der Waals surface area contributed by atoms with Crippen molar-refractivity contribution >= 4 is 39.5 Å². The number of allylic oxidation sites excluding steroid dienone is 23. The number of carbonyl (C=O) groups excluding carboxylic acids is 4. The van der Waals surface area contributed by atoms with Crippen molar-refractivity contribution < 1.29 is 80.2 Å². The first-order valence-electron chi connectivity index (χ1n) is 38.1. The van der Waals surface area contributed by atoms with Gasteiger partial charge in [-0.25, -0.2) is 9.13 Å². The van der Waals surface area contributed by atoms with Crippen LogP contribution < -0.4 is 0 Å². The quantitative estimate of drug-likeness (QED) is 0.0169. The average molecular weight is 1440 g/mol. The van der Waals surface area contributed by atoms with Gasteiger partial charge in [0, 0.05) is 19.3 Å². The molecule has 0 radical (unpaired) electrons. The number of phosphoric acid groups is 2. The van der Waals surface area contributed by atoms with Crippen LogP contribution in [0.5, 0.6) is 0 Å². The standard InChI is InChI=1S/C81H134O17P2/c1-5-9-13-17-21-25-29-32-35-36-37-38-41-43-47-50-54-58-62-66-79(84)92-72-77(98-81(86)68-64-60-56-52-48-44-40-34-31-27-23-19-15-11-7-3)74-96-100(89,90)94-70-75(82)69-93-99(87,88)95-73-76(97-80(85)67-63-59-55-51-45-28-24-20-16-12-8-4)71-91-78(83)65-61-57-53-49-46-42-39-33-30-26-22-18-14-10-6-2/h10-11,14-15,21-23,25-27,32-35,37-40,46,48-49,52,60,64,75-77,82H,5-9,12-13,16-20,24,28-31,36,41-45,47,50-51,53-59,61-63,65-74H2,1-4H3,(H,87,88)(H,89,90)/b14-10-,15-11-,25-21-,26-22-,27-23-,35-32-,38-37-,39-33-,40-34-,49-46-,52-48-,64-60-. The second-order valence-corrected chi connectivity index (χ2v) is 27.8. The fraction of sp³-hybridized carbons (Fsp3) is 0.654. The van der Waals surface area contributed by atoms with Crippen molar-refractivity contribution in [3.8, 4) is 0 Å². The van der Waals surface area contributed by atoms with E-state index in [4.69, 9.17) is 37.0 Å². The Morgan fingerprint density at radius 1 is 0.300 bits per heavy atom. The zero-order valence-electron chi connectivity index (χ0n) is 62.1. The maximum Gasteiger partial charge on any atom is 0.472 e. The van der Waals surface area contributed by atoms with E-state index in [-0.39, 0.29) is 25.7 Å². The highest BCUT2D eigenvalue weighted by molar-refractivity contribution is 7.47. The number of unbranched alkanes of at least 4 members (excludes halogenated alkanes) is 21. The lowest BCUT2D eigenvalue weighted by molar-refractivity contribution is -0.161. The van der Waals surface area contributed by atoms with Gasteiger partial charge in [-0.15, -0.1) is 0 Å². The van der Waals surface area contributed by atoms with E-state index in [0.717, 1.165) is 148 Å². The van der Waals surface area contributed by atoms with Crippen LogP contribution in [0.2, 0.25) is 0 Å². The Bertz CT molecular complexity index is 2470. The predicted molar refractivity (Wildman–Crippen MR) is 408 cm³/mol. The lowest BCUT2D eigenvalue weighted by Gasteiger charge is -2.21. The van der Waals surface area contributed by atoms with Crippen molar-refractivity contribution in [3.63, 3.8) is 0 Å². The number of ether oxygens (including phenoxy) is 4. The van der Waals surface area contributed by atoms with Crippen LogP contribution in [-0.2, 0) is 65.4 Å². The molecule has 0 spiro atoms. The van der Waals surface area contributed by atoms with E-state index in [1.807, 2.05) is 12.2 Å². The monoisotopic (exact) mass is 1440 g/mol. The minimum absolute atomic E-state index is 0.0817. The third kappa shape index (κ3) is 71.3. The van der Waals surface area contributed by atoms with Crippen molar-refractivity contribution in [1.29, 1.82) is 0 Å². The average Bonchev–Trinajstić information content (AvgIpc) is 0.926. The Morgan fingerprint density at radius 2 is 0.560 bits per heavy atom. The molecular formula is C81H134O17P2. The van der Waals surface area contributed by atoms with Crippen LogP contribution in [0.3, 0.4) is 0 Å². The molecule has 0 bridgehead atoms. The number of hydrogen-bond acceptors (Lipinski definition) is 15. The lowest BCUT2D eigenvalue weighted by atomic mass is 10.1. The van der Waals surface area contributed by atoms with Gasteiger partial charge in [-0.3, -0.25) is 37.3 Å². The number of carbonyl (C=O) groups is 4. The highest BCUT2D eigenvalue weighted by Crippen LogP contribution is 2.45. The molecule has 5 atom stereocenters. The molecule has 0 aromatic rings. The Labute approximate surface area is 605 Å². The number of rotatable bonds is 70. The van der Waals surface area contributed by atoms with E-state index in [2.05, 4.69) is 149 Å². The molecule has 0 aliphatic heterocycles. The highest BCUT2D eigenvalue weighted by atomic mass is 31.2. The van der Waals surface area contributed by atoms with Crippen molar-refractivity contribution in [2.45, 2.75) is 303 Å². The molecule has 19 heteroatoms. The molecule has 0 fully saturated rings. The van der Waals surface area contributed by atoms with Crippen molar-refractivity contribution in [1.82, 2.24) is 0 Å². The van der Waals surface area contributed by atoms with Gasteiger partial charge in [0.1, 0.15) is 19.3 Å². The predicted octanol–water partition coefficient (Wildman–Crippen LogP) is 21.9. The summed E-state index contributed by atoms with van der Waals surface area (Å²) in [5.41, 5.74) is 0. The van der Waals surface area contributed by atoms with Crippen LogP contribution in [0.4, 0.5) is 0 Å². The molecule has 0 saturated carbocycles. The number of phosphoric ester groups is 2. The number of aliphatic hydroxyl groups excluding tert-OH is 1. The fourth-order valence-electron chi connectivity index (χ4n) is 9.59. The van der Waals surface area contributed by atoms with Gasteiger partial charge in [-0.05, 0) is 128 Å². The van der Waals surface area contributed by atoms with Crippen LogP contribution in [0, 0.1) is 0 Å². The summed E-state index contributed by atoms with van der Waals surface area (Å²) in [5, 5.41) is 10.6. The molecule has 0 amide bonds. The van der Waals surface area contributed by atoms with Gasteiger partial charge < -0.3 is 33.8 Å². The first-order valence-corrected chi connectivity index (χ1v) is 41.1. The zero-order valence-corrected chi connectivity index (χ0v) is 63.9. The Hall–Kier alpha value is -5.06. The summed E-state index contributed by atoms with van der Waals surface area (Å²) in [6.45, 7) is 4.42. The molecule has 0 rings (SSSR count). The second-order valence-electron chi connectivity index (χ2n) is 24.8. The van der Waals surface area contributed by atoms with Crippen LogP contribution >= 0.6 is 15.6 Å². The van der Waals surface area contributed by atoms with E-state index >= 15 is 0 Å². The molecule has 0 heterocycles. The molecule has 100 heavy (non-hydrogen) atoms. The third-order valence-electron chi connectivity index (χ3n) is 15.3. The zero-order chi connectivity index (χ0) is 73.2. The van der Waals surface area contributed by atoms with Crippen molar-refractivity contribution in [3.05, 3.63) is 146 Å². The summed E-state index contributed by atoms with van der Waals surface area (Å²) in [4.78, 5) is 72.7. The van der Waals surface area contributed by atoms with E-state index in [1.54, 1.807) is 12.2 Å².